The molecule has 2 aromatic rings. The van der Waals surface area contributed by atoms with Crippen molar-refractivity contribution in [3.05, 3.63) is 29.6 Å². The van der Waals surface area contributed by atoms with E-state index >= 15 is 0 Å². The summed E-state index contributed by atoms with van der Waals surface area (Å²) in [6.07, 6.45) is 0. The number of thioether (sulfide) groups is 1. The molecule has 0 aliphatic rings. The Morgan fingerprint density at radius 3 is 2.94 bits per heavy atom. The predicted molar refractivity (Wildman–Crippen MR) is 69.8 cm³/mol. The second kappa shape index (κ2) is 5.76. The molecule has 0 saturated heterocycles. The first-order valence-electron chi connectivity index (χ1n) is 4.87. The number of amides is 1. The number of carbonyl (C=O) groups is 1. The van der Waals surface area contributed by atoms with Gasteiger partial charge in [0.1, 0.15) is 5.69 Å². The van der Waals surface area contributed by atoms with Gasteiger partial charge in [0.15, 0.2) is 4.34 Å². The maximum Gasteiger partial charge on any atom is 0.283 e. The second-order valence-corrected chi connectivity index (χ2v) is 5.41. The molecule has 94 valence electrons. The van der Waals surface area contributed by atoms with Crippen LogP contribution in [0.25, 0.3) is 0 Å². The van der Waals surface area contributed by atoms with E-state index in [1.807, 2.05) is 11.5 Å². The van der Waals surface area contributed by atoms with E-state index in [2.05, 4.69) is 15.2 Å². The Bertz CT molecular complexity index is 557. The fourth-order valence-corrected chi connectivity index (χ4v) is 2.72. The molecule has 2 rings (SSSR count). The van der Waals surface area contributed by atoms with E-state index in [1.54, 1.807) is 12.1 Å². The minimum absolute atomic E-state index is 0.285. The number of pyridine rings is 1. The highest BCUT2D eigenvalue weighted by Crippen LogP contribution is 2.26. The van der Waals surface area contributed by atoms with Gasteiger partial charge in [-0.2, -0.15) is 0 Å². The molecule has 18 heavy (non-hydrogen) atoms. The zero-order chi connectivity index (χ0) is 13.0. The van der Waals surface area contributed by atoms with Gasteiger partial charge in [0.2, 0.25) is 5.13 Å². The molecule has 0 radical (unpaired) electrons. The molecule has 2 aromatic heterocycles. The molecule has 2 heterocycles. The van der Waals surface area contributed by atoms with Crippen molar-refractivity contribution in [3.63, 3.8) is 0 Å². The Morgan fingerprint density at radius 2 is 2.28 bits per heavy atom. The van der Waals surface area contributed by atoms with Gasteiger partial charge in [0.05, 0.1) is 5.69 Å². The maximum atomic E-state index is 11.3. The lowest BCUT2D eigenvalue weighted by atomic mass is 10.3. The molecule has 0 unspecified atom stereocenters. The number of nitrogens with zero attached hydrogens (tertiary/aromatic N) is 3. The molecule has 0 bridgehead atoms. The average Bonchev–Trinajstić information content (AvgIpc) is 2.81. The third-order valence-corrected chi connectivity index (χ3v) is 3.86. The Labute approximate surface area is 111 Å². The number of hydrogen-bond donors (Lipinski definition) is 3. The van der Waals surface area contributed by atoms with Crippen molar-refractivity contribution < 1.29 is 4.79 Å². The summed E-state index contributed by atoms with van der Waals surface area (Å²) in [6.45, 7) is 0. The van der Waals surface area contributed by atoms with Crippen molar-refractivity contribution in [2.45, 2.75) is 10.1 Å². The molecule has 0 saturated carbocycles. The quantitative estimate of drug-likeness (QED) is 0.321. The molecule has 0 aliphatic carbocycles. The number of hydrogen-bond acceptors (Lipinski definition) is 8. The lowest BCUT2D eigenvalue weighted by Gasteiger charge is -2.01. The Hall–Kier alpha value is -1.71. The Kier molecular flexibility index (Phi) is 4.07. The Morgan fingerprint density at radius 1 is 1.44 bits per heavy atom. The maximum absolute atomic E-state index is 11.3. The SMILES string of the molecule is NNC(=O)c1cccc(CSc2nnc(N)s2)n1. The number of hydrazine groups is 1. The number of rotatable bonds is 4. The van der Waals surface area contributed by atoms with E-state index in [9.17, 15) is 4.79 Å². The summed E-state index contributed by atoms with van der Waals surface area (Å²) in [5.41, 5.74) is 8.56. The summed E-state index contributed by atoms with van der Waals surface area (Å²) in [5, 5.41) is 8.03. The van der Waals surface area contributed by atoms with Crippen LogP contribution in [0.15, 0.2) is 22.5 Å². The van der Waals surface area contributed by atoms with Crippen molar-refractivity contribution in [1.82, 2.24) is 20.6 Å². The number of carbonyl (C=O) groups excluding carboxylic acids is 1. The highest BCUT2D eigenvalue weighted by Gasteiger charge is 2.07. The second-order valence-electron chi connectivity index (χ2n) is 3.18. The average molecular weight is 282 g/mol. The van der Waals surface area contributed by atoms with E-state index in [-0.39, 0.29) is 5.69 Å². The van der Waals surface area contributed by atoms with Crippen LogP contribution in [0.5, 0.6) is 0 Å². The van der Waals surface area contributed by atoms with Crippen LogP contribution in [-0.4, -0.2) is 21.1 Å². The molecular formula is C9H10N6OS2. The molecule has 0 fully saturated rings. The van der Waals surface area contributed by atoms with Gasteiger partial charge in [0.25, 0.3) is 5.91 Å². The van der Waals surface area contributed by atoms with Gasteiger partial charge in [-0.15, -0.1) is 10.2 Å². The fourth-order valence-electron chi connectivity index (χ4n) is 1.17. The lowest BCUT2D eigenvalue weighted by Crippen LogP contribution is -2.30. The summed E-state index contributed by atoms with van der Waals surface area (Å²) in [5.74, 6) is 5.22. The number of aromatic nitrogens is 3. The van der Waals surface area contributed by atoms with Crippen LogP contribution in [0.2, 0.25) is 0 Å². The standard InChI is InChI=1S/C9H10N6OS2/c10-8-14-15-9(18-8)17-4-5-2-1-3-6(12-5)7(16)13-11/h1-3H,4,11H2,(H2,10,14)(H,13,16). The topological polar surface area (TPSA) is 120 Å². The molecular weight excluding hydrogens is 272 g/mol. The van der Waals surface area contributed by atoms with Crippen LogP contribution >= 0.6 is 23.1 Å². The molecule has 0 aromatic carbocycles. The highest BCUT2D eigenvalue weighted by atomic mass is 32.2. The number of nitrogen functional groups attached to an aromatic ring is 2. The first-order chi connectivity index (χ1) is 8.69. The summed E-state index contributed by atoms with van der Waals surface area (Å²) >= 11 is 2.78. The van der Waals surface area contributed by atoms with Crippen molar-refractivity contribution in [1.29, 1.82) is 0 Å². The van der Waals surface area contributed by atoms with Crippen LogP contribution in [0.3, 0.4) is 0 Å². The van der Waals surface area contributed by atoms with E-state index < -0.39 is 5.91 Å². The monoisotopic (exact) mass is 282 g/mol. The van der Waals surface area contributed by atoms with E-state index in [0.717, 1.165) is 10.0 Å². The van der Waals surface area contributed by atoms with Crippen molar-refractivity contribution in [2.24, 2.45) is 5.84 Å². The first kappa shape index (κ1) is 12.7. The van der Waals surface area contributed by atoms with E-state index in [0.29, 0.717) is 10.9 Å². The minimum Gasteiger partial charge on any atom is -0.374 e. The fraction of sp³-hybridized carbons (Fsp3) is 0.111. The lowest BCUT2D eigenvalue weighted by molar-refractivity contribution is 0.0948. The smallest absolute Gasteiger partial charge is 0.283 e. The number of nitrogens with one attached hydrogen (secondary N) is 1. The van der Waals surface area contributed by atoms with Gasteiger partial charge in [0, 0.05) is 5.75 Å². The van der Waals surface area contributed by atoms with Gasteiger partial charge >= 0.3 is 0 Å². The van der Waals surface area contributed by atoms with Gasteiger partial charge in [-0.1, -0.05) is 29.2 Å². The molecule has 1 amide bonds. The number of nitrogens with two attached hydrogens (primary N) is 2. The van der Waals surface area contributed by atoms with E-state index in [4.69, 9.17) is 11.6 Å². The van der Waals surface area contributed by atoms with Crippen LogP contribution in [-0.2, 0) is 5.75 Å². The van der Waals surface area contributed by atoms with Crippen LogP contribution < -0.4 is 17.0 Å². The van der Waals surface area contributed by atoms with Gasteiger partial charge < -0.3 is 5.73 Å². The zero-order valence-corrected chi connectivity index (χ0v) is 10.8. The predicted octanol–water partition coefficient (Wildman–Crippen LogP) is 0.411. The first-order valence-corrected chi connectivity index (χ1v) is 6.68. The van der Waals surface area contributed by atoms with E-state index in [1.165, 1.54) is 23.1 Å². The molecule has 5 N–H and O–H groups in total. The third-order valence-electron chi connectivity index (χ3n) is 1.94. The largest absolute Gasteiger partial charge is 0.374 e. The summed E-state index contributed by atoms with van der Waals surface area (Å²) in [7, 11) is 0. The van der Waals surface area contributed by atoms with Crippen molar-refractivity contribution in [3.8, 4) is 0 Å². The molecule has 7 nitrogen and oxygen atoms in total. The minimum atomic E-state index is -0.415. The van der Waals surface area contributed by atoms with Crippen molar-refractivity contribution >= 4 is 34.1 Å². The number of anilines is 1. The molecule has 0 atom stereocenters. The Balaban J connectivity index is 2.03. The zero-order valence-electron chi connectivity index (χ0n) is 9.16. The normalized spacial score (nSPS) is 10.3. The highest BCUT2D eigenvalue weighted by molar-refractivity contribution is 8.00. The summed E-state index contributed by atoms with van der Waals surface area (Å²) in [6, 6.07) is 5.17. The summed E-state index contributed by atoms with van der Waals surface area (Å²) in [4.78, 5) is 15.5. The van der Waals surface area contributed by atoms with Crippen LogP contribution in [0.4, 0.5) is 5.13 Å². The van der Waals surface area contributed by atoms with Crippen molar-refractivity contribution in [2.75, 3.05) is 5.73 Å². The van der Waals surface area contributed by atoms with Gasteiger partial charge in [-0.05, 0) is 12.1 Å². The van der Waals surface area contributed by atoms with Crippen LogP contribution in [0.1, 0.15) is 16.2 Å². The van der Waals surface area contributed by atoms with Gasteiger partial charge in [-0.25, -0.2) is 10.8 Å². The molecule has 0 aliphatic heterocycles. The third kappa shape index (κ3) is 3.15. The summed E-state index contributed by atoms with van der Waals surface area (Å²) < 4.78 is 0.767. The molecule has 0 spiro atoms. The van der Waals surface area contributed by atoms with Crippen LogP contribution in [0, 0.1) is 0 Å². The van der Waals surface area contributed by atoms with Gasteiger partial charge in [-0.3, -0.25) is 10.2 Å². The molecule has 9 heteroatoms.